The van der Waals surface area contributed by atoms with Crippen molar-refractivity contribution < 1.29 is 19.5 Å². The number of amides is 1. The van der Waals surface area contributed by atoms with E-state index in [4.69, 9.17) is 9.94 Å². The molecule has 0 radical (unpaired) electrons. The highest BCUT2D eigenvalue weighted by atomic mass is 16.5. The number of carbonyl (C=O) groups is 2. The van der Waals surface area contributed by atoms with Crippen LogP contribution in [0.3, 0.4) is 0 Å². The maximum Gasteiger partial charge on any atom is 0.243 e. The van der Waals surface area contributed by atoms with Crippen molar-refractivity contribution >= 4 is 11.7 Å². The highest BCUT2D eigenvalue weighted by molar-refractivity contribution is 5.96. The highest BCUT2D eigenvalue weighted by Crippen LogP contribution is 2.26. The number of ether oxygens (including phenoxy) is 1. The summed E-state index contributed by atoms with van der Waals surface area (Å²) in [6, 6.07) is 9.18. The summed E-state index contributed by atoms with van der Waals surface area (Å²) in [5, 5.41) is 8.42. The maximum absolute atomic E-state index is 12.0. The minimum absolute atomic E-state index is 0.000809. The summed E-state index contributed by atoms with van der Waals surface area (Å²) in [5.41, 5.74) is 2.31. The van der Waals surface area contributed by atoms with Gasteiger partial charge < -0.3 is 4.74 Å². The summed E-state index contributed by atoms with van der Waals surface area (Å²) in [4.78, 5) is 23.0. The minimum atomic E-state index is -0.405. The second-order valence-corrected chi connectivity index (χ2v) is 5.02. The third kappa shape index (κ3) is 4.15. The monoisotopic (exact) mass is 277 g/mol. The molecule has 1 aromatic rings. The number of hydrogen-bond donors (Lipinski definition) is 2. The van der Waals surface area contributed by atoms with Gasteiger partial charge in [0.25, 0.3) is 0 Å². The van der Waals surface area contributed by atoms with Crippen molar-refractivity contribution in [3.8, 4) is 0 Å². The lowest BCUT2D eigenvalue weighted by atomic mass is 10.0. The molecule has 1 heterocycles. The van der Waals surface area contributed by atoms with E-state index >= 15 is 0 Å². The molecule has 0 aliphatic carbocycles. The zero-order chi connectivity index (χ0) is 14.4. The third-order valence-corrected chi connectivity index (χ3v) is 3.52. The molecular formula is C15H19NO4. The summed E-state index contributed by atoms with van der Waals surface area (Å²) >= 11 is 0. The van der Waals surface area contributed by atoms with Crippen LogP contribution in [-0.4, -0.2) is 29.1 Å². The first kappa shape index (κ1) is 14.7. The van der Waals surface area contributed by atoms with Gasteiger partial charge in [0, 0.05) is 18.4 Å². The molecule has 5 heteroatoms. The summed E-state index contributed by atoms with van der Waals surface area (Å²) < 4.78 is 5.77. The molecule has 0 bridgehead atoms. The summed E-state index contributed by atoms with van der Waals surface area (Å²) in [6.07, 6.45) is 2.82. The van der Waals surface area contributed by atoms with Crippen LogP contribution in [0.2, 0.25) is 0 Å². The van der Waals surface area contributed by atoms with Crippen molar-refractivity contribution in [2.24, 2.45) is 0 Å². The molecule has 2 N–H and O–H groups in total. The number of ketones is 1. The lowest BCUT2D eigenvalue weighted by molar-refractivity contribution is -0.129. The van der Waals surface area contributed by atoms with Crippen molar-refractivity contribution in [3.05, 3.63) is 35.9 Å². The van der Waals surface area contributed by atoms with Crippen molar-refractivity contribution in [2.45, 2.75) is 44.3 Å². The topological polar surface area (TPSA) is 75.6 Å². The van der Waals surface area contributed by atoms with E-state index in [0.717, 1.165) is 12.8 Å². The standard InChI is InChI=1S/C15H19NO4/c17-14(11-4-2-1-3-5-11)10-13-7-6-12(20-13)8-9-15(18)16-19/h1-5,12-13,19H,6-10H2,(H,16,18). The van der Waals surface area contributed by atoms with Crippen LogP contribution in [0.15, 0.2) is 30.3 Å². The molecule has 20 heavy (non-hydrogen) atoms. The van der Waals surface area contributed by atoms with E-state index in [-0.39, 0.29) is 24.4 Å². The van der Waals surface area contributed by atoms with Crippen LogP contribution in [0.4, 0.5) is 0 Å². The Labute approximate surface area is 117 Å². The molecule has 1 fully saturated rings. The Hall–Kier alpha value is -1.72. The molecule has 2 rings (SSSR count). The van der Waals surface area contributed by atoms with Gasteiger partial charge in [-0.25, -0.2) is 5.48 Å². The van der Waals surface area contributed by atoms with Crippen molar-refractivity contribution in [1.82, 2.24) is 5.48 Å². The lowest BCUT2D eigenvalue weighted by Gasteiger charge is -2.12. The Bertz CT molecular complexity index is 460. The number of nitrogens with one attached hydrogen (secondary N) is 1. The SMILES string of the molecule is O=C(CCC1CCC(CC(=O)c2ccccc2)O1)NO. The van der Waals surface area contributed by atoms with Crippen LogP contribution in [0.5, 0.6) is 0 Å². The first-order valence-electron chi connectivity index (χ1n) is 6.85. The number of hydroxylamine groups is 1. The van der Waals surface area contributed by atoms with Crippen LogP contribution in [0.1, 0.15) is 42.5 Å². The molecule has 0 aromatic heterocycles. The molecule has 2 atom stereocenters. The summed E-state index contributed by atoms with van der Waals surface area (Å²) in [5.74, 6) is -0.318. The van der Waals surface area contributed by atoms with Gasteiger partial charge in [-0.2, -0.15) is 0 Å². The fourth-order valence-electron chi connectivity index (χ4n) is 2.44. The Morgan fingerprint density at radius 1 is 1.20 bits per heavy atom. The summed E-state index contributed by atoms with van der Waals surface area (Å²) in [6.45, 7) is 0. The van der Waals surface area contributed by atoms with Crippen LogP contribution in [0.25, 0.3) is 0 Å². The number of hydrogen-bond acceptors (Lipinski definition) is 4. The smallest absolute Gasteiger partial charge is 0.243 e. The highest BCUT2D eigenvalue weighted by Gasteiger charge is 2.27. The van der Waals surface area contributed by atoms with Gasteiger partial charge in [-0.1, -0.05) is 30.3 Å². The molecule has 1 aliphatic rings. The maximum atomic E-state index is 12.0. The number of Topliss-reactive ketones (excluding diaryl/α,β-unsaturated/α-hetero) is 1. The Kier molecular flexibility index (Phi) is 5.26. The predicted molar refractivity (Wildman–Crippen MR) is 72.4 cm³/mol. The average Bonchev–Trinajstić information content (AvgIpc) is 2.93. The zero-order valence-corrected chi connectivity index (χ0v) is 11.2. The van der Waals surface area contributed by atoms with E-state index in [1.165, 1.54) is 0 Å². The molecule has 2 unspecified atom stereocenters. The molecule has 1 amide bonds. The second kappa shape index (κ2) is 7.17. The van der Waals surface area contributed by atoms with Gasteiger partial charge in [0.05, 0.1) is 12.2 Å². The van der Waals surface area contributed by atoms with Crippen molar-refractivity contribution in [2.75, 3.05) is 0 Å². The molecule has 1 aliphatic heterocycles. The Balaban J connectivity index is 1.76. The predicted octanol–water partition coefficient (Wildman–Crippen LogP) is 2.09. The quantitative estimate of drug-likeness (QED) is 0.474. The van der Waals surface area contributed by atoms with Crippen molar-refractivity contribution in [3.63, 3.8) is 0 Å². The van der Waals surface area contributed by atoms with Crippen LogP contribution in [0, 0.1) is 0 Å². The van der Waals surface area contributed by atoms with E-state index in [2.05, 4.69) is 0 Å². The normalized spacial score (nSPS) is 21.6. The number of carbonyl (C=O) groups excluding carboxylic acids is 2. The first-order valence-corrected chi connectivity index (χ1v) is 6.85. The molecule has 0 saturated carbocycles. The fourth-order valence-corrected chi connectivity index (χ4v) is 2.44. The van der Waals surface area contributed by atoms with E-state index in [1.54, 1.807) is 17.6 Å². The van der Waals surface area contributed by atoms with Gasteiger partial charge in [-0.15, -0.1) is 0 Å². The van der Waals surface area contributed by atoms with E-state index < -0.39 is 5.91 Å². The van der Waals surface area contributed by atoms with Gasteiger partial charge in [0.1, 0.15) is 0 Å². The van der Waals surface area contributed by atoms with Gasteiger partial charge in [-0.05, 0) is 19.3 Å². The van der Waals surface area contributed by atoms with Crippen LogP contribution >= 0.6 is 0 Å². The van der Waals surface area contributed by atoms with Gasteiger partial charge in [-0.3, -0.25) is 14.8 Å². The molecule has 0 spiro atoms. The Morgan fingerprint density at radius 3 is 2.60 bits per heavy atom. The molecular weight excluding hydrogens is 258 g/mol. The van der Waals surface area contributed by atoms with E-state index in [1.807, 2.05) is 18.2 Å². The summed E-state index contributed by atoms with van der Waals surface area (Å²) in [7, 11) is 0. The molecule has 108 valence electrons. The second-order valence-electron chi connectivity index (χ2n) is 5.02. The van der Waals surface area contributed by atoms with Crippen molar-refractivity contribution in [1.29, 1.82) is 0 Å². The first-order chi connectivity index (χ1) is 9.69. The van der Waals surface area contributed by atoms with Gasteiger partial charge in [0.15, 0.2) is 5.78 Å². The van der Waals surface area contributed by atoms with E-state index in [9.17, 15) is 9.59 Å². The largest absolute Gasteiger partial charge is 0.375 e. The fraction of sp³-hybridized carbons (Fsp3) is 0.467. The molecule has 1 aromatic carbocycles. The van der Waals surface area contributed by atoms with Crippen LogP contribution in [-0.2, 0) is 9.53 Å². The minimum Gasteiger partial charge on any atom is -0.375 e. The van der Waals surface area contributed by atoms with E-state index in [0.29, 0.717) is 18.4 Å². The molecule has 1 saturated heterocycles. The average molecular weight is 277 g/mol. The van der Waals surface area contributed by atoms with Gasteiger partial charge in [0.2, 0.25) is 5.91 Å². The third-order valence-electron chi connectivity index (χ3n) is 3.52. The molecule has 5 nitrogen and oxygen atoms in total. The Morgan fingerprint density at radius 2 is 1.90 bits per heavy atom. The number of benzene rings is 1. The zero-order valence-electron chi connectivity index (χ0n) is 11.2. The van der Waals surface area contributed by atoms with Crippen LogP contribution < -0.4 is 5.48 Å². The number of rotatable bonds is 6. The van der Waals surface area contributed by atoms with Gasteiger partial charge >= 0.3 is 0 Å². The lowest BCUT2D eigenvalue weighted by Crippen LogP contribution is -2.21.